The van der Waals surface area contributed by atoms with Crippen molar-refractivity contribution >= 4 is 19.2 Å². The lowest BCUT2D eigenvalue weighted by molar-refractivity contribution is -0.137. The van der Waals surface area contributed by atoms with Crippen LogP contribution in [0.1, 0.15) is 23.1 Å². The van der Waals surface area contributed by atoms with Gasteiger partial charge in [0.25, 0.3) is 0 Å². The molecule has 2 aromatic rings. The first kappa shape index (κ1) is 15.5. The van der Waals surface area contributed by atoms with Gasteiger partial charge in [0.2, 0.25) is 0 Å². The van der Waals surface area contributed by atoms with Crippen LogP contribution in [0, 0.1) is 6.92 Å². The third-order valence-electron chi connectivity index (χ3n) is 4.25. The first-order valence-electron chi connectivity index (χ1n) is 7.25. The summed E-state index contributed by atoms with van der Waals surface area (Å²) in [7, 11) is -1.91. The lowest BCUT2D eigenvalue weighted by Crippen LogP contribution is -2.48. The van der Waals surface area contributed by atoms with Crippen LogP contribution in [-0.4, -0.2) is 19.1 Å². The Morgan fingerprint density at radius 2 is 1.62 bits per heavy atom. The highest BCUT2D eigenvalue weighted by Gasteiger charge is 2.36. The zero-order valence-corrected chi connectivity index (χ0v) is 13.8. The Morgan fingerprint density at radius 3 is 2.14 bits per heavy atom. The molecule has 0 saturated carbocycles. The molecule has 0 fully saturated rings. The van der Waals surface area contributed by atoms with E-state index in [0.29, 0.717) is 0 Å². The molecule has 21 heavy (non-hydrogen) atoms. The van der Waals surface area contributed by atoms with Crippen molar-refractivity contribution in [3.63, 3.8) is 0 Å². The van der Waals surface area contributed by atoms with E-state index in [2.05, 4.69) is 56.4 Å². The molecular weight excluding hydrogens is 276 g/mol. The number of carbonyl (C=O) groups is 1. The fourth-order valence-corrected chi connectivity index (χ4v) is 6.00. The number of carboxylic acids is 1. The fraction of sp³-hybridized carbons (Fsp3) is 0.278. The largest absolute Gasteiger partial charge is 0.481 e. The van der Waals surface area contributed by atoms with Crippen molar-refractivity contribution in [2.24, 2.45) is 0 Å². The van der Waals surface area contributed by atoms with Crippen molar-refractivity contribution in [1.29, 1.82) is 0 Å². The van der Waals surface area contributed by atoms with E-state index in [0.717, 1.165) is 5.56 Å². The third-order valence-corrected chi connectivity index (χ3v) is 8.35. The second-order valence-electron chi connectivity index (χ2n) is 6.15. The number of hydrogen-bond donors (Lipinski definition) is 1. The Morgan fingerprint density at radius 1 is 1.05 bits per heavy atom. The second-order valence-corrected chi connectivity index (χ2v) is 10.9. The predicted molar refractivity (Wildman–Crippen MR) is 89.7 cm³/mol. The molecule has 1 N–H and O–H groups in total. The molecule has 0 aliphatic heterocycles. The topological polar surface area (TPSA) is 37.3 Å². The molecule has 2 nitrogen and oxygen atoms in total. The quantitative estimate of drug-likeness (QED) is 0.854. The Hall–Kier alpha value is -1.87. The first-order chi connectivity index (χ1) is 9.91. The standard InChI is InChI=1S/C18H22O2Si/c1-14-9-11-15(12-10-14)17(13-18(19)20)21(2,3)16-7-5-4-6-8-16/h4-12,17H,13H2,1-3H3,(H,19,20)/t17-/m1/s1. The van der Waals surface area contributed by atoms with Crippen molar-refractivity contribution in [1.82, 2.24) is 0 Å². The van der Waals surface area contributed by atoms with Gasteiger partial charge in [-0.05, 0) is 18.0 Å². The van der Waals surface area contributed by atoms with E-state index >= 15 is 0 Å². The van der Waals surface area contributed by atoms with Crippen LogP contribution in [0.25, 0.3) is 0 Å². The van der Waals surface area contributed by atoms with Gasteiger partial charge in [-0.3, -0.25) is 4.79 Å². The molecule has 0 aliphatic rings. The molecule has 0 amide bonds. The first-order valence-corrected chi connectivity index (χ1v) is 10.3. The molecule has 0 aliphatic carbocycles. The summed E-state index contributed by atoms with van der Waals surface area (Å²) >= 11 is 0. The van der Waals surface area contributed by atoms with Crippen LogP contribution < -0.4 is 5.19 Å². The summed E-state index contributed by atoms with van der Waals surface area (Å²) in [5.41, 5.74) is 2.42. The monoisotopic (exact) mass is 298 g/mol. The van der Waals surface area contributed by atoms with E-state index in [9.17, 15) is 9.90 Å². The molecule has 0 saturated heterocycles. The summed E-state index contributed by atoms with van der Waals surface area (Å²) in [5, 5.41) is 10.6. The maximum atomic E-state index is 11.4. The highest BCUT2D eigenvalue weighted by molar-refractivity contribution is 6.91. The van der Waals surface area contributed by atoms with Crippen LogP contribution in [0.15, 0.2) is 54.6 Å². The van der Waals surface area contributed by atoms with E-state index in [1.54, 1.807) is 0 Å². The zero-order chi connectivity index (χ0) is 15.5. The van der Waals surface area contributed by atoms with E-state index in [4.69, 9.17) is 0 Å². The van der Waals surface area contributed by atoms with E-state index < -0.39 is 14.0 Å². The van der Waals surface area contributed by atoms with Crippen molar-refractivity contribution in [3.8, 4) is 0 Å². The minimum atomic E-state index is -1.91. The summed E-state index contributed by atoms with van der Waals surface area (Å²) in [5.74, 6) is -0.725. The molecule has 0 bridgehead atoms. The Balaban J connectivity index is 2.44. The minimum Gasteiger partial charge on any atom is -0.481 e. The third kappa shape index (κ3) is 3.61. The normalized spacial score (nSPS) is 12.9. The molecule has 0 radical (unpaired) electrons. The molecule has 0 heterocycles. The van der Waals surface area contributed by atoms with Crippen molar-refractivity contribution < 1.29 is 9.90 Å². The Labute approximate surface area is 127 Å². The number of hydrogen-bond acceptors (Lipinski definition) is 1. The van der Waals surface area contributed by atoms with Gasteiger partial charge in [0.1, 0.15) is 0 Å². The van der Waals surface area contributed by atoms with Crippen LogP contribution in [0.2, 0.25) is 13.1 Å². The fourth-order valence-electron chi connectivity index (χ4n) is 2.83. The maximum absolute atomic E-state index is 11.4. The summed E-state index contributed by atoms with van der Waals surface area (Å²) in [6.45, 7) is 6.57. The second kappa shape index (κ2) is 6.27. The summed E-state index contributed by atoms with van der Waals surface area (Å²) in [6, 6.07) is 18.7. The molecule has 0 aromatic heterocycles. The summed E-state index contributed by atoms with van der Waals surface area (Å²) < 4.78 is 0. The van der Waals surface area contributed by atoms with Crippen molar-refractivity contribution in [2.75, 3.05) is 0 Å². The number of aryl methyl sites for hydroxylation is 1. The molecule has 2 aromatic carbocycles. The van der Waals surface area contributed by atoms with Gasteiger partial charge < -0.3 is 5.11 Å². The van der Waals surface area contributed by atoms with Gasteiger partial charge in [0, 0.05) is 0 Å². The van der Waals surface area contributed by atoms with E-state index in [-0.39, 0.29) is 12.0 Å². The number of benzene rings is 2. The van der Waals surface area contributed by atoms with Crippen LogP contribution in [0.4, 0.5) is 0 Å². The van der Waals surface area contributed by atoms with Gasteiger partial charge in [-0.15, -0.1) is 0 Å². The van der Waals surface area contributed by atoms with Crippen LogP contribution in [0.3, 0.4) is 0 Å². The van der Waals surface area contributed by atoms with Crippen LogP contribution >= 0.6 is 0 Å². The predicted octanol–water partition coefficient (Wildman–Crippen LogP) is 3.71. The van der Waals surface area contributed by atoms with Crippen LogP contribution in [0.5, 0.6) is 0 Å². The SMILES string of the molecule is Cc1ccc([C@@H](CC(=O)O)[Si](C)(C)c2ccccc2)cc1. The Bertz CT molecular complexity index is 603. The van der Waals surface area contributed by atoms with Gasteiger partial charge in [0.05, 0.1) is 14.5 Å². The van der Waals surface area contributed by atoms with Gasteiger partial charge in [0.15, 0.2) is 0 Å². The molecule has 110 valence electrons. The van der Waals surface area contributed by atoms with E-state index in [1.807, 2.05) is 18.2 Å². The number of rotatable bonds is 5. The molecule has 2 rings (SSSR count). The number of carboxylic acid groups (broad SMARTS) is 1. The molecule has 0 spiro atoms. The summed E-state index contributed by atoms with van der Waals surface area (Å²) in [6.07, 6.45) is 0.192. The van der Waals surface area contributed by atoms with Crippen molar-refractivity contribution in [3.05, 3.63) is 65.7 Å². The van der Waals surface area contributed by atoms with E-state index in [1.165, 1.54) is 10.8 Å². The average Bonchev–Trinajstić information content (AvgIpc) is 2.46. The molecule has 0 unspecified atom stereocenters. The maximum Gasteiger partial charge on any atom is 0.303 e. The highest BCUT2D eigenvalue weighted by atomic mass is 28.3. The Kier molecular flexibility index (Phi) is 4.63. The minimum absolute atomic E-state index is 0.0815. The highest BCUT2D eigenvalue weighted by Crippen LogP contribution is 2.30. The average molecular weight is 298 g/mol. The van der Waals surface area contributed by atoms with Crippen LogP contribution in [-0.2, 0) is 4.79 Å². The van der Waals surface area contributed by atoms with Gasteiger partial charge >= 0.3 is 5.97 Å². The van der Waals surface area contributed by atoms with Gasteiger partial charge in [-0.1, -0.05) is 78.4 Å². The van der Waals surface area contributed by atoms with Gasteiger partial charge in [-0.2, -0.15) is 0 Å². The zero-order valence-electron chi connectivity index (χ0n) is 12.8. The number of aliphatic carboxylic acids is 1. The molecule has 1 atom stereocenters. The molecule has 3 heteroatoms. The van der Waals surface area contributed by atoms with Crippen molar-refractivity contribution in [2.45, 2.75) is 32.0 Å². The molecular formula is C18H22O2Si. The lowest BCUT2D eigenvalue weighted by Gasteiger charge is -2.32. The summed E-state index contributed by atoms with van der Waals surface area (Å²) in [4.78, 5) is 11.4. The lowest BCUT2D eigenvalue weighted by atomic mass is 10.1. The smallest absolute Gasteiger partial charge is 0.303 e. The van der Waals surface area contributed by atoms with Gasteiger partial charge in [-0.25, -0.2) is 0 Å².